The molecule has 5 rings (SSSR count). The SMILES string of the molecule is COc1ccc([C@@H]2CC(=O)c3c(O)cc(OC4OC(CO)[C@@H](O)[C@H](O)[C@H]4O[C@@H]4O[C@@H](C)[C@H](O)[C@@H](O)[C@H]4O)cc3O2)cc1O. The lowest BCUT2D eigenvalue weighted by molar-refractivity contribution is -0.354. The molecule has 8 N–H and O–H groups in total. The van der Waals surface area contributed by atoms with Crippen LogP contribution in [0.1, 0.15) is 35.4 Å². The van der Waals surface area contributed by atoms with Crippen LogP contribution in [0.4, 0.5) is 0 Å². The normalized spacial score (nSPS) is 36.0. The van der Waals surface area contributed by atoms with E-state index in [9.17, 15) is 45.6 Å². The first-order valence-electron chi connectivity index (χ1n) is 13.5. The fourth-order valence-corrected chi connectivity index (χ4v) is 5.29. The standard InChI is InChI=1S/C28H34O15/c1-10-21(33)23(35)25(37)27(39-10)43-26-24(36)22(34)19(9-29)42-28(26)40-12-6-14(31)20-15(32)8-17(41-18(20)7-12)11-3-4-16(38-2)13(30)5-11/h3-7,10,17,19,21-31,33-37H,8-9H2,1-2H3/t10-,17-,19?,21-,22+,23+,24-,25+,26+,27-,28?/m0/s1. The van der Waals surface area contributed by atoms with Gasteiger partial charge in [0.05, 0.1) is 26.2 Å². The Morgan fingerprint density at radius 1 is 0.884 bits per heavy atom. The lowest BCUT2D eigenvalue weighted by atomic mass is 9.95. The first-order valence-corrected chi connectivity index (χ1v) is 13.5. The van der Waals surface area contributed by atoms with Crippen LogP contribution in [0.2, 0.25) is 0 Å². The summed E-state index contributed by atoms with van der Waals surface area (Å²) in [7, 11) is 1.39. The molecule has 43 heavy (non-hydrogen) atoms. The molecule has 2 aromatic carbocycles. The molecule has 0 radical (unpaired) electrons. The van der Waals surface area contributed by atoms with Gasteiger partial charge >= 0.3 is 0 Å². The van der Waals surface area contributed by atoms with Crippen molar-refractivity contribution in [2.75, 3.05) is 13.7 Å². The van der Waals surface area contributed by atoms with Crippen LogP contribution >= 0.6 is 0 Å². The zero-order valence-corrected chi connectivity index (χ0v) is 23.1. The lowest BCUT2D eigenvalue weighted by Gasteiger charge is -2.45. The number of benzene rings is 2. The minimum Gasteiger partial charge on any atom is -0.507 e. The largest absolute Gasteiger partial charge is 0.507 e. The van der Waals surface area contributed by atoms with Gasteiger partial charge in [0.25, 0.3) is 0 Å². The molecule has 3 aliphatic rings. The maximum Gasteiger partial charge on any atom is 0.229 e. The molecule has 0 aliphatic carbocycles. The van der Waals surface area contributed by atoms with Gasteiger partial charge in [-0.3, -0.25) is 4.79 Å². The summed E-state index contributed by atoms with van der Waals surface area (Å²) in [6.07, 6.45) is -16.3. The average molecular weight is 611 g/mol. The van der Waals surface area contributed by atoms with Crippen LogP contribution in [-0.2, 0) is 14.2 Å². The number of phenols is 2. The average Bonchev–Trinajstić information content (AvgIpc) is 2.97. The second-order valence-electron chi connectivity index (χ2n) is 10.6. The Morgan fingerprint density at radius 2 is 1.63 bits per heavy atom. The van der Waals surface area contributed by atoms with Crippen molar-refractivity contribution in [2.24, 2.45) is 0 Å². The molecule has 11 atom stereocenters. The van der Waals surface area contributed by atoms with Crippen molar-refractivity contribution in [1.82, 2.24) is 0 Å². The summed E-state index contributed by atoms with van der Waals surface area (Å²) in [5.74, 6) is -1.06. The Kier molecular flexibility index (Phi) is 8.99. The number of hydrogen-bond donors (Lipinski definition) is 8. The molecule has 2 saturated heterocycles. The van der Waals surface area contributed by atoms with Gasteiger partial charge in [-0.15, -0.1) is 0 Å². The third kappa shape index (κ3) is 5.95. The Balaban J connectivity index is 1.41. The molecule has 3 aliphatic heterocycles. The number of ether oxygens (including phenoxy) is 6. The maximum absolute atomic E-state index is 13.0. The van der Waals surface area contributed by atoms with Gasteiger partial charge in [0, 0.05) is 12.1 Å². The Bertz CT molecular complexity index is 1320. The van der Waals surface area contributed by atoms with Crippen LogP contribution in [0.5, 0.6) is 28.7 Å². The number of ketones is 1. The van der Waals surface area contributed by atoms with Crippen molar-refractivity contribution in [3.63, 3.8) is 0 Å². The van der Waals surface area contributed by atoms with Gasteiger partial charge < -0.3 is 69.3 Å². The Labute approximate surface area is 245 Å². The van der Waals surface area contributed by atoms with Crippen LogP contribution in [-0.4, -0.2) is 122 Å². The number of aromatic hydroxyl groups is 2. The van der Waals surface area contributed by atoms with Crippen LogP contribution in [0.25, 0.3) is 0 Å². The number of methoxy groups -OCH3 is 1. The topological polar surface area (TPSA) is 234 Å². The molecule has 0 saturated carbocycles. The summed E-state index contributed by atoms with van der Waals surface area (Å²) >= 11 is 0. The first kappa shape index (κ1) is 31.2. The quantitative estimate of drug-likeness (QED) is 0.185. The molecule has 2 aromatic rings. The van der Waals surface area contributed by atoms with Gasteiger partial charge in [-0.25, -0.2) is 0 Å². The third-order valence-corrected chi connectivity index (χ3v) is 7.72. The van der Waals surface area contributed by atoms with E-state index in [2.05, 4.69) is 0 Å². The monoisotopic (exact) mass is 610 g/mol. The lowest BCUT2D eigenvalue weighted by Crippen LogP contribution is -2.64. The number of carbonyl (C=O) groups is 1. The minimum atomic E-state index is -1.76. The predicted octanol–water partition coefficient (Wildman–Crippen LogP) is -1.16. The van der Waals surface area contributed by atoms with Crippen molar-refractivity contribution in [3.05, 3.63) is 41.5 Å². The fourth-order valence-electron chi connectivity index (χ4n) is 5.29. The molecule has 0 aromatic heterocycles. The molecule has 0 spiro atoms. The molecule has 0 bridgehead atoms. The van der Waals surface area contributed by atoms with Gasteiger partial charge in [-0.2, -0.15) is 0 Å². The number of phenolic OH excluding ortho intramolecular Hbond substituents is 2. The molecule has 2 fully saturated rings. The van der Waals surface area contributed by atoms with E-state index < -0.39 is 85.7 Å². The molecule has 3 heterocycles. The van der Waals surface area contributed by atoms with Crippen molar-refractivity contribution in [3.8, 4) is 28.7 Å². The predicted molar refractivity (Wildman–Crippen MR) is 141 cm³/mol. The fraction of sp³-hybridized carbons (Fsp3) is 0.536. The van der Waals surface area contributed by atoms with Gasteiger partial charge in [0.2, 0.25) is 6.29 Å². The van der Waals surface area contributed by atoms with Crippen molar-refractivity contribution < 1.29 is 74.1 Å². The van der Waals surface area contributed by atoms with Crippen LogP contribution in [0, 0.1) is 0 Å². The highest BCUT2D eigenvalue weighted by Crippen LogP contribution is 2.43. The number of aliphatic hydroxyl groups excluding tert-OH is 6. The van der Waals surface area contributed by atoms with E-state index >= 15 is 0 Å². The van der Waals surface area contributed by atoms with E-state index in [1.165, 1.54) is 32.2 Å². The van der Waals surface area contributed by atoms with E-state index in [4.69, 9.17) is 28.4 Å². The second kappa shape index (κ2) is 12.4. The number of rotatable bonds is 7. The van der Waals surface area contributed by atoms with Gasteiger partial charge in [-0.05, 0) is 24.6 Å². The van der Waals surface area contributed by atoms with Crippen molar-refractivity contribution in [2.45, 2.75) is 80.9 Å². The first-order chi connectivity index (χ1) is 20.4. The Morgan fingerprint density at radius 3 is 2.30 bits per heavy atom. The smallest absolute Gasteiger partial charge is 0.229 e. The summed E-state index contributed by atoms with van der Waals surface area (Å²) in [5, 5.41) is 82.4. The maximum atomic E-state index is 13.0. The minimum absolute atomic E-state index is 0.0592. The summed E-state index contributed by atoms with van der Waals surface area (Å²) in [5.41, 5.74) is 0.352. The van der Waals surface area contributed by atoms with Gasteiger partial charge in [0.15, 0.2) is 29.7 Å². The van der Waals surface area contributed by atoms with Crippen molar-refractivity contribution in [1.29, 1.82) is 0 Å². The highest BCUT2D eigenvalue weighted by Gasteiger charge is 2.51. The second-order valence-corrected chi connectivity index (χ2v) is 10.6. The van der Waals surface area contributed by atoms with E-state index in [-0.39, 0.29) is 35.0 Å². The summed E-state index contributed by atoms with van der Waals surface area (Å²) in [6.45, 7) is 0.699. The molecule has 15 nitrogen and oxygen atoms in total. The summed E-state index contributed by atoms with van der Waals surface area (Å²) in [6, 6.07) is 6.89. The third-order valence-electron chi connectivity index (χ3n) is 7.72. The van der Waals surface area contributed by atoms with Crippen LogP contribution in [0.15, 0.2) is 30.3 Å². The molecular weight excluding hydrogens is 576 g/mol. The van der Waals surface area contributed by atoms with E-state index in [0.29, 0.717) is 5.56 Å². The van der Waals surface area contributed by atoms with Crippen molar-refractivity contribution >= 4 is 5.78 Å². The number of fused-ring (bicyclic) bond motifs is 1. The molecule has 2 unspecified atom stereocenters. The van der Waals surface area contributed by atoms with E-state index in [1.807, 2.05) is 0 Å². The molecule has 0 amide bonds. The van der Waals surface area contributed by atoms with Gasteiger partial charge in [0.1, 0.15) is 65.5 Å². The molecule has 15 heteroatoms. The van der Waals surface area contributed by atoms with Crippen LogP contribution in [0.3, 0.4) is 0 Å². The molecular formula is C28H34O15. The number of hydrogen-bond acceptors (Lipinski definition) is 15. The molecule has 236 valence electrons. The highest BCUT2D eigenvalue weighted by atomic mass is 16.8. The number of Topliss-reactive ketones (excluding diaryl/α,β-unsaturated/α-hetero) is 1. The number of carbonyl (C=O) groups excluding carboxylic acids is 1. The summed E-state index contributed by atoms with van der Waals surface area (Å²) in [4.78, 5) is 13.0. The zero-order chi connectivity index (χ0) is 31.2. The van der Waals surface area contributed by atoms with Gasteiger partial charge in [-0.1, -0.05) is 6.07 Å². The summed E-state index contributed by atoms with van der Waals surface area (Å²) < 4.78 is 33.7. The Hall–Kier alpha value is -3.25. The van der Waals surface area contributed by atoms with E-state index in [0.717, 1.165) is 6.07 Å². The van der Waals surface area contributed by atoms with E-state index in [1.54, 1.807) is 6.07 Å². The highest BCUT2D eigenvalue weighted by molar-refractivity contribution is 6.02. The number of aliphatic hydroxyl groups is 6. The zero-order valence-electron chi connectivity index (χ0n) is 23.1. The van der Waals surface area contributed by atoms with Crippen LogP contribution < -0.4 is 14.2 Å².